The summed E-state index contributed by atoms with van der Waals surface area (Å²) in [5.41, 5.74) is 3.67. The number of hydrogen-bond acceptors (Lipinski definition) is 3. The Kier molecular flexibility index (Phi) is 3.96. The van der Waals surface area contributed by atoms with Crippen LogP contribution in [-0.2, 0) is 0 Å². The van der Waals surface area contributed by atoms with Crippen LogP contribution in [0.3, 0.4) is 0 Å². The van der Waals surface area contributed by atoms with Crippen LogP contribution in [0.2, 0.25) is 0 Å². The Balaban J connectivity index is 1.71. The predicted molar refractivity (Wildman–Crippen MR) is 84.1 cm³/mol. The maximum atomic E-state index is 12.0. The van der Waals surface area contributed by atoms with E-state index in [1.54, 1.807) is 6.20 Å². The fourth-order valence-electron chi connectivity index (χ4n) is 2.24. The lowest BCUT2D eigenvalue weighted by atomic mass is 10.0. The van der Waals surface area contributed by atoms with Crippen LogP contribution < -0.4 is 5.32 Å². The van der Waals surface area contributed by atoms with Crippen LogP contribution in [0.5, 0.6) is 0 Å². The lowest BCUT2D eigenvalue weighted by Crippen LogP contribution is -2.26. The quantitative estimate of drug-likeness (QED) is 0.776. The number of aromatic amines is 1. The number of amides is 1. The van der Waals surface area contributed by atoms with E-state index in [2.05, 4.69) is 20.3 Å². The second-order valence-electron chi connectivity index (χ2n) is 5.02. The zero-order valence-corrected chi connectivity index (χ0v) is 12.2. The summed E-state index contributed by atoms with van der Waals surface area (Å²) in [5.74, 6) is -0.165. The van der Waals surface area contributed by atoms with E-state index in [0.29, 0.717) is 5.69 Å². The van der Waals surface area contributed by atoms with Crippen LogP contribution in [0, 0.1) is 0 Å². The van der Waals surface area contributed by atoms with E-state index in [4.69, 9.17) is 0 Å². The first kappa shape index (κ1) is 14.0. The van der Waals surface area contributed by atoms with Gasteiger partial charge in [0.15, 0.2) is 0 Å². The van der Waals surface area contributed by atoms with Gasteiger partial charge < -0.3 is 10.3 Å². The summed E-state index contributed by atoms with van der Waals surface area (Å²) in [7, 11) is 0. The zero-order valence-electron chi connectivity index (χ0n) is 12.2. The van der Waals surface area contributed by atoms with E-state index in [0.717, 1.165) is 16.7 Å². The minimum Gasteiger partial charge on any atom is -0.344 e. The third-order valence-corrected chi connectivity index (χ3v) is 3.50. The highest BCUT2D eigenvalue weighted by atomic mass is 16.1. The number of hydrogen-bond donors (Lipinski definition) is 2. The molecule has 0 aliphatic carbocycles. The van der Waals surface area contributed by atoms with Crippen LogP contribution >= 0.6 is 0 Å². The standard InChI is InChI=1S/C17H16N4O/c1-12(21-17(22)16-10-19-11-20-16)13-4-6-14(7-5-13)15-3-2-8-18-9-15/h2-12H,1H3,(H,19,20)(H,21,22). The minimum absolute atomic E-state index is 0.0845. The Morgan fingerprint density at radius 1 is 1.09 bits per heavy atom. The first-order chi connectivity index (χ1) is 10.7. The molecular formula is C17H16N4O. The van der Waals surface area contributed by atoms with Gasteiger partial charge in [-0.1, -0.05) is 30.3 Å². The zero-order chi connectivity index (χ0) is 15.4. The molecule has 22 heavy (non-hydrogen) atoms. The van der Waals surface area contributed by atoms with E-state index in [-0.39, 0.29) is 11.9 Å². The van der Waals surface area contributed by atoms with Gasteiger partial charge in [0.2, 0.25) is 0 Å². The van der Waals surface area contributed by atoms with Gasteiger partial charge >= 0.3 is 0 Å². The van der Waals surface area contributed by atoms with Gasteiger partial charge in [0, 0.05) is 12.4 Å². The third-order valence-electron chi connectivity index (χ3n) is 3.50. The molecule has 2 aromatic heterocycles. The van der Waals surface area contributed by atoms with Crippen molar-refractivity contribution in [3.8, 4) is 11.1 Å². The summed E-state index contributed by atoms with van der Waals surface area (Å²) >= 11 is 0. The molecule has 0 saturated carbocycles. The van der Waals surface area contributed by atoms with Crippen molar-refractivity contribution in [2.24, 2.45) is 0 Å². The molecule has 0 bridgehead atoms. The monoisotopic (exact) mass is 292 g/mol. The third kappa shape index (κ3) is 3.03. The average Bonchev–Trinajstić information content (AvgIpc) is 3.10. The summed E-state index contributed by atoms with van der Waals surface area (Å²) in [4.78, 5) is 22.7. The van der Waals surface area contributed by atoms with Gasteiger partial charge in [-0.15, -0.1) is 0 Å². The van der Waals surface area contributed by atoms with Crippen molar-refractivity contribution in [1.82, 2.24) is 20.3 Å². The smallest absolute Gasteiger partial charge is 0.269 e. The molecule has 0 fully saturated rings. The summed E-state index contributed by atoms with van der Waals surface area (Å²) in [6.07, 6.45) is 6.58. The Hall–Kier alpha value is -2.95. The number of H-pyrrole nitrogens is 1. The molecule has 110 valence electrons. The van der Waals surface area contributed by atoms with E-state index >= 15 is 0 Å². The van der Waals surface area contributed by atoms with Crippen molar-refractivity contribution in [2.45, 2.75) is 13.0 Å². The fourth-order valence-corrected chi connectivity index (χ4v) is 2.24. The lowest BCUT2D eigenvalue weighted by molar-refractivity contribution is 0.0935. The van der Waals surface area contributed by atoms with Gasteiger partial charge in [0.25, 0.3) is 5.91 Å². The van der Waals surface area contributed by atoms with Gasteiger partial charge in [-0.25, -0.2) is 4.98 Å². The number of benzene rings is 1. The van der Waals surface area contributed by atoms with E-state index in [9.17, 15) is 4.79 Å². The van der Waals surface area contributed by atoms with Crippen molar-refractivity contribution in [3.05, 3.63) is 72.6 Å². The van der Waals surface area contributed by atoms with E-state index in [1.807, 2.05) is 49.5 Å². The van der Waals surface area contributed by atoms with Crippen LogP contribution in [0.15, 0.2) is 61.3 Å². The molecule has 5 nitrogen and oxygen atoms in total. The fraction of sp³-hybridized carbons (Fsp3) is 0.118. The Labute approximate surface area is 128 Å². The van der Waals surface area contributed by atoms with Gasteiger partial charge in [0.05, 0.1) is 18.6 Å². The highest BCUT2D eigenvalue weighted by Crippen LogP contribution is 2.21. The van der Waals surface area contributed by atoms with Crippen molar-refractivity contribution in [3.63, 3.8) is 0 Å². The Bertz CT molecular complexity index is 736. The Morgan fingerprint density at radius 2 is 1.91 bits per heavy atom. The van der Waals surface area contributed by atoms with Crippen molar-refractivity contribution in [1.29, 1.82) is 0 Å². The SMILES string of the molecule is CC(NC(=O)c1cnc[nH]1)c1ccc(-c2cccnc2)cc1. The van der Waals surface area contributed by atoms with E-state index < -0.39 is 0 Å². The highest BCUT2D eigenvalue weighted by Gasteiger charge is 2.12. The largest absolute Gasteiger partial charge is 0.344 e. The highest BCUT2D eigenvalue weighted by molar-refractivity contribution is 5.92. The van der Waals surface area contributed by atoms with Crippen molar-refractivity contribution < 1.29 is 4.79 Å². The number of nitrogens with one attached hydrogen (secondary N) is 2. The molecule has 1 unspecified atom stereocenters. The van der Waals surface area contributed by atoms with Crippen LogP contribution in [0.25, 0.3) is 11.1 Å². The Morgan fingerprint density at radius 3 is 2.55 bits per heavy atom. The molecule has 0 saturated heterocycles. The minimum atomic E-state index is -0.165. The first-order valence-electron chi connectivity index (χ1n) is 7.03. The molecule has 0 aliphatic rings. The molecule has 2 N–H and O–H groups in total. The molecular weight excluding hydrogens is 276 g/mol. The molecule has 3 rings (SSSR count). The molecule has 1 amide bonds. The number of imidazole rings is 1. The molecule has 3 aromatic rings. The maximum absolute atomic E-state index is 12.0. The summed E-state index contributed by atoms with van der Waals surface area (Å²) in [6.45, 7) is 1.95. The first-order valence-corrected chi connectivity index (χ1v) is 7.03. The van der Waals surface area contributed by atoms with Crippen molar-refractivity contribution >= 4 is 5.91 Å². The molecule has 0 aliphatic heterocycles. The second kappa shape index (κ2) is 6.22. The van der Waals surface area contributed by atoms with Crippen LogP contribution in [0.1, 0.15) is 29.0 Å². The topological polar surface area (TPSA) is 70.7 Å². The van der Waals surface area contributed by atoms with Crippen LogP contribution in [0.4, 0.5) is 0 Å². The molecule has 0 spiro atoms. The second-order valence-corrected chi connectivity index (χ2v) is 5.02. The normalized spacial score (nSPS) is 11.9. The van der Waals surface area contributed by atoms with E-state index in [1.165, 1.54) is 12.5 Å². The van der Waals surface area contributed by atoms with Gasteiger partial charge in [-0.05, 0) is 29.7 Å². The summed E-state index contributed by atoms with van der Waals surface area (Å²) in [6, 6.07) is 11.9. The number of nitrogens with zero attached hydrogens (tertiary/aromatic N) is 2. The molecule has 5 heteroatoms. The van der Waals surface area contributed by atoms with Crippen LogP contribution in [-0.4, -0.2) is 20.9 Å². The molecule has 1 atom stereocenters. The molecule has 1 aromatic carbocycles. The molecule has 2 heterocycles. The summed E-state index contributed by atoms with van der Waals surface area (Å²) in [5, 5.41) is 2.94. The number of carbonyl (C=O) groups excluding carboxylic acids is 1. The number of carbonyl (C=O) groups is 1. The number of rotatable bonds is 4. The average molecular weight is 292 g/mol. The van der Waals surface area contributed by atoms with Gasteiger partial charge in [-0.3, -0.25) is 9.78 Å². The number of pyridine rings is 1. The van der Waals surface area contributed by atoms with Gasteiger partial charge in [0.1, 0.15) is 5.69 Å². The predicted octanol–water partition coefficient (Wildman–Crippen LogP) is 2.96. The van der Waals surface area contributed by atoms with Gasteiger partial charge in [-0.2, -0.15) is 0 Å². The maximum Gasteiger partial charge on any atom is 0.269 e. The van der Waals surface area contributed by atoms with Crippen molar-refractivity contribution in [2.75, 3.05) is 0 Å². The number of aromatic nitrogens is 3. The molecule has 0 radical (unpaired) electrons. The lowest BCUT2D eigenvalue weighted by Gasteiger charge is -2.14. The summed E-state index contributed by atoms with van der Waals surface area (Å²) < 4.78 is 0.